The molecule has 0 saturated carbocycles. The van der Waals surface area contributed by atoms with Crippen LogP contribution in [0, 0.1) is 0 Å². The third kappa shape index (κ3) is 4.31. The Morgan fingerprint density at radius 3 is 3.04 bits per heavy atom. The lowest BCUT2D eigenvalue weighted by Gasteiger charge is -2.28. The number of pyridine rings is 1. The first-order chi connectivity index (χ1) is 11.0. The number of aliphatic hydroxyl groups excluding tert-OH is 1. The Balaban J connectivity index is 2.15. The molecule has 0 spiro atoms. The van der Waals surface area contributed by atoms with Crippen LogP contribution in [0.2, 0.25) is 5.15 Å². The molecular weight excluding hydrogens is 318 g/mol. The molecule has 1 unspecified atom stereocenters. The molecule has 6 nitrogen and oxygen atoms in total. The lowest BCUT2D eigenvalue weighted by molar-refractivity contribution is -0.119. The smallest absolute Gasteiger partial charge is 0.244 e. The molecule has 124 valence electrons. The van der Waals surface area contributed by atoms with Crippen molar-refractivity contribution in [1.82, 2.24) is 14.7 Å². The largest absolute Gasteiger partial charge is 0.396 e. The number of amides is 1. The van der Waals surface area contributed by atoms with Crippen LogP contribution >= 0.6 is 11.6 Å². The number of carbonyl (C=O) groups excluding carboxylic acids is 1. The summed E-state index contributed by atoms with van der Waals surface area (Å²) < 4.78 is 6.90. The predicted molar refractivity (Wildman–Crippen MR) is 89.4 cm³/mol. The SMILES string of the molecule is COCC(C)(CCO)NC(=O)/C=C/c1c(Cl)nc2ccccn12. The number of imidazole rings is 1. The molecule has 2 N–H and O–H groups in total. The maximum atomic E-state index is 12.1. The number of nitrogens with zero attached hydrogens (tertiary/aromatic N) is 2. The molecule has 0 aliphatic heterocycles. The number of aliphatic hydroxyl groups is 1. The number of rotatable bonds is 7. The van der Waals surface area contributed by atoms with E-state index in [0.29, 0.717) is 29.5 Å². The van der Waals surface area contributed by atoms with Gasteiger partial charge in [-0.3, -0.25) is 9.20 Å². The van der Waals surface area contributed by atoms with E-state index in [0.717, 1.165) is 0 Å². The van der Waals surface area contributed by atoms with Crippen molar-refractivity contribution in [3.63, 3.8) is 0 Å². The molecule has 2 rings (SSSR count). The molecule has 0 radical (unpaired) electrons. The Morgan fingerprint density at radius 1 is 1.57 bits per heavy atom. The highest BCUT2D eigenvalue weighted by atomic mass is 35.5. The number of hydrogen-bond donors (Lipinski definition) is 2. The first-order valence-corrected chi connectivity index (χ1v) is 7.59. The lowest BCUT2D eigenvalue weighted by Crippen LogP contribution is -2.49. The maximum Gasteiger partial charge on any atom is 0.244 e. The van der Waals surface area contributed by atoms with Gasteiger partial charge in [0.2, 0.25) is 5.91 Å². The van der Waals surface area contributed by atoms with Gasteiger partial charge < -0.3 is 15.2 Å². The number of hydrogen-bond acceptors (Lipinski definition) is 4. The summed E-state index contributed by atoms with van der Waals surface area (Å²) in [5.41, 5.74) is 0.712. The summed E-state index contributed by atoms with van der Waals surface area (Å²) in [5, 5.41) is 12.3. The molecule has 1 atom stereocenters. The van der Waals surface area contributed by atoms with Crippen molar-refractivity contribution in [2.75, 3.05) is 20.3 Å². The minimum absolute atomic E-state index is 0.0387. The highest BCUT2D eigenvalue weighted by Gasteiger charge is 2.25. The van der Waals surface area contributed by atoms with E-state index < -0.39 is 5.54 Å². The van der Waals surface area contributed by atoms with E-state index in [1.807, 2.05) is 31.3 Å². The molecular formula is C16H20ClN3O3. The number of fused-ring (bicyclic) bond motifs is 1. The zero-order valence-corrected chi connectivity index (χ0v) is 13.9. The zero-order valence-electron chi connectivity index (χ0n) is 13.1. The van der Waals surface area contributed by atoms with E-state index in [1.54, 1.807) is 17.6 Å². The van der Waals surface area contributed by atoms with E-state index in [-0.39, 0.29) is 12.5 Å². The fourth-order valence-corrected chi connectivity index (χ4v) is 2.61. The normalized spacial score (nSPS) is 14.3. The molecule has 1 amide bonds. The van der Waals surface area contributed by atoms with Crippen LogP contribution in [0.5, 0.6) is 0 Å². The third-order valence-electron chi connectivity index (χ3n) is 3.47. The van der Waals surface area contributed by atoms with Crippen molar-refractivity contribution in [3.05, 3.63) is 41.3 Å². The van der Waals surface area contributed by atoms with Gasteiger partial charge in [-0.05, 0) is 31.6 Å². The van der Waals surface area contributed by atoms with Crippen molar-refractivity contribution in [2.45, 2.75) is 18.9 Å². The number of halogens is 1. The second-order valence-corrected chi connectivity index (χ2v) is 5.86. The van der Waals surface area contributed by atoms with Crippen LogP contribution in [-0.4, -0.2) is 46.3 Å². The zero-order chi connectivity index (χ0) is 16.9. The second kappa shape index (κ2) is 7.59. The fraction of sp³-hybridized carbons (Fsp3) is 0.375. The van der Waals surface area contributed by atoms with Crippen LogP contribution in [0.1, 0.15) is 19.0 Å². The summed E-state index contributed by atoms with van der Waals surface area (Å²) in [7, 11) is 1.55. The minimum Gasteiger partial charge on any atom is -0.396 e. The molecule has 0 aromatic carbocycles. The summed E-state index contributed by atoms with van der Waals surface area (Å²) in [5.74, 6) is -0.292. The van der Waals surface area contributed by atoms with Crippen LogP contribution in [-0.2, 0) is 9.53 Å². The molecule has 0 aliphatic rings. The quantitative estimate of drug-likeness (QED) is 0.757. The van der Waals surface area contributed by atoms with Gasteiger partial charge in [0.1, 0.15) is 5.65 Å². The summed E-state index contributed by atoms with van der Waals surface area (Å²) in [6.45, 7) is 2.09. The monoisotopic (exact) mass is 337 g/mol. The highest BCUT2D eigenvalue weighted by Crippen LogP contribution is 2.19. The summed E-state index contributed by atoms with van der Waals surface area (Å²) >= 11 is 6.12. The second-order valence-electron chi connectivity index (χ2n) is 5.51. The van der Waals surface area contributed by atoms with Gasteiger partial charge in [0.05, 0.1) is 17.8 Å². The highest BCUT2D eigenvalue weighted by molar-refractivity contribution is 6.31. The van der Waals surface area contributed by atoms with Gasteiger partial charge in [0.15, 0.2) is 5.15 Å². The number of carbonyl (C=O) groups is 1. The van der Waals surface area contributed by atoms with Crippen molar-refractivity contribution in [2.24, 2.45) is 0 Å². The van der Waals surface area contributed by atoms with Crippen LogP contribution in [0.3, 0.4) is 0 Å². The summed E-state index contributed by atoms with van der Waals surface area (Å²) in [6.07, 6.45) is 5.24. The first-order valence-electron chi connectivity index (χ1n) is 7.22. The maximum absolute atomic E-state index is 12.1. The first kappa shape index (κ1) is 17.5. The van der Waals surface area contributed by atoms with Crippen LogP contribution in [0.4, 0.5) is 0 Å². The van der Waals surface area contributed by atoms with Crippen molar-refractivity contribution in [1.29, 1.82) is 0 Å². The van der Waals surface area contributed by atoms with Crippen LogP contribution in [0.15, 0.2) is 30.5 Å². The Labute approximate surface area is 139 Å². The Hall–Kier alpha value is -1.89. The molecule has 0 saturated heterocycles. The van der Waals surface area contributed by atoms with Gasteiger partial charge in [-0.25, -0.2) is 4.98 Å². The van der Waals surface area contributed by atoms with Gasteiger partial charge in [-0.2, -0.15) is 0 Å². The van der Waals surface area contributed by atoms with E-state index in [2.05, 4.69) is 10.3 Å². The minimum atomic E-state index is -0.631. The van der Waals surface area contributed by atoms with Gasteiger partial charge in [-0.15, -0.1) is 0 Å². The van der Waals surface area contributed by atoms with Crippen molar-refractivity contribution >= 4 is 29.2 Å². The van der Waals surface area contributed by atoms with Gasteiger partial charge in [0, 0.05) is 26.0 Å². The Morgan fingerprint density at radius 2 is 2.35 bits per heavy atom. The van der Waals surface area contributed by atoms with E-state index in [1.165, 1.54) is 6.08 Å². The number of methoxy groups -OCH3 is 1. The molecule has 2 heterocycles. The molecule has 7 heteroatoms. The number of aromatic nitrogens is 2. The predicted octanol–water partition coefficient (Wildman–Crippen LogP) is 1.90. The fourth-order valence-electron chi connectivity index (χ4n) is 2.37. The van der Waals surface area contributed by atoms with Crippen molar-refractivity contribution in [3.8, 4) is 0 Å². The standard InChI is InChI=1S/C16H20ClN3O3/c1-16(8-10-21,11-23-2)19-14(22)7-6-12-15(17)18-13-5-3-4-9-20(12)13/h3-7,9,21H,8,10-11H2,1-2H3,(H,19,22)/b7-6+. The summed E-state index contributed by atoms with van der Waals surface area (Å²) in [6, 6.07) is 5.56. The Kier molecular flexibility index (Phi) is 5.76. The molecule has 23 heavy (non-hydrogen) atoms. The van der Waals surface area contributed by atoms with E-state index in [9.17, 15) is 4.79 Å². The topological polar surface area (TPSA) is 75.9 Å². The molecule has 2 aromatic rings. The molecule has 0 fully saturated rings. The van der Waals surface area contributed by atoms with Crippen LogP contribution in [0.25, 0.3) is 11.7 Å². The van der Waals surface area contributed by atoms with E-state index >= 15 is 0 Å². The number of ether oxygens (including phenoxy) is 1. The van der Waals surface area contributed by atoms with E-state index in [4.69, 9.17) is 21.4 Å². The average Bonchev–Trinajstić information content (AvgIpc) is 2.80. The lowest BCUT2D eigenvalue weighted by atomic mass is 9.99. The van der Waals surface area contributed by atoms with Gasteiger partial charge >= 0.3 is 0 Å². The van der Waals surface area contributed by atoms with Crippen molar-refractivity contribution < 1.29 is 14.6 Å². The average molecular weight is 338 g/mol. The molecule has 0 bridgehead atoms. The third-order valence-corrected chi connectivity index (χ3v) is 3.74. The summed E-state index contributed by atoms with van der Waals surface area (Å²) in [4.78, 5) is 16.4. The van der Waals surface area contributed by atoms with Gasteiger partial charge in [-0.1, -0.05) is 17.7 Å². The van der Waals surface area contributed by atoms with Gasteiger partial charge in [0.25, 0.3) is 0 Å². The Bertz CT molecular complexity index is 706. The molecule has 0 aliphatic carbocycles. The van der Waals surface area contributed by atoms with Crippen LogP contribution < -0.4 is 5.32 Å². The molecule has 2 aromatic heterocycles. The number of nitrogens with one attached hydrogen (secondary N) is 1.